The molecular weight excluding hydrogens is 513 g/mol. The zero-order chi connectivity index (χ0) is 26.7. The van der Waals surface area contributed by atoms with Gasteiger partial charge in [0.2, 0.25) is 0 Å². The van der Waals surface area contributed by atoms with Crippen LogP contribution in [-0.2, 0) is 0 Å². The molecule has 2 aromatic heterocycles. The molecule has 1 aliphatic rings. The molecule has 41 heavy (non-hydrogen) atoms. The van der Waals surface area contributed by atoms with E-state index in [1.165, 1.54) is 75.5 Å². The third kappa shape index (κ3) is 2.42. The monoisotopic (exact) mass is 536 g/mol. The maximum Gasteiger partial charge on any atom is 0.341 e. The molecule has 0 bridgehead atoms. The van der Waals surface area contributed by atoms with Crippen molar-refractivity contribution in [3.63, 3.8) is 0 Å². The maximum atomic E-state index is 2.80. The van der Waals surface area contributed by atoms with Crippen molar-refractivity contribution in [2.75, 3.05) is 0 Å². The fraction of sp³-hybridized carbons (Fsp3) is 0. The second-order valence-corrected chi connectivity index (χ2v) is 14.6. The summed E-state index contributed by atoms with van der Waals surface area (Å²) in [5.74, 6) is 0. The Labute approximate surface area is 237 Å². The van der Waals surface area contributed by atoms with E-state index in [0.29, 0.717) is 0 Å². The molecule has 0 amide bonds. The van der Waals surface area contributed by atoms with Crippen molar-refractivity contribution in [1.82, 2.24) is 8.47 Å². The quantitative estimate of drug-likeness (QED) is 0.197. The predicted octanol–water partition coefficient (Wildman–Crippen LogP) is 8.18. The van der Waals surface area contributed by atoms with Crippen LogP contribution >= 0.6 is 0 Å². The summed E-state index contributed by atoms with van der Waals surface area (Å²) in [5, 5.41) is 13.5. The van der Waals surface area contributed by atoms with Crippen LogP contribution in [0.1, 0.15) is 0 Å². The van der Waals surface area contributed by atoms with E-state index in [0.717, 1.165) is 0 Å². The highest BCUT2D eigenvalue weighted by atomic mass is 28.3. The van der Waals surface area contributed by atoms with Crippen LogP contribution in [0, 0.1) is 0 Å². The van der Waals surface area contributed by atoms with Gasteiger partial charge < -0.3 is 8.47 Å². The third-order valence-electron chi connectivity index (χ3n) is 9.43. The van der Waals surface area contributed by atoms with Gasteiger partial charge in [0.1, 0.15) is 0 Å². The van der Waals surface area contributed by atoms with Crippen molar-refractivity contribution >= 4 is 83.9 Å². The average molecular weight is 537 g/mol. The molecule has 0 aliphatic carbocycles. The average Bonchev–Trinajstić information content (AvgIpc) is 3.67. The lowest BCUT2D eigenvalue weighted by molar-refractivity contribution is 1.21. The second kappa shape index (κ2) is 7.54. The highest BCUT2D eigenvalue weighted by molar-refractivity contribution is 7.04. The number of para-hydroxylation sites is 2. The Balaban J connectivity index is 1.62. The maximum absolute atomic E-state index is 2.94. The first-order chi connectivity index (χ1) is 20.4. The molecule has 9 aromatic rings. The normalized spacial score (nSPS) is 14.0. The van der Waals surface area contributed by atoms with Crippen molar-refractivity contribution < 1.29 is 0 Å². The van der Waals surface area contributed by atoms with Gasteiger partial charge in [0.05, 0.1) is 11.0 Å². The summed E-state index contributed by atoms with van der Waals surface area (Å²) in [7, 11) is -2.94. The molecular formula is C38H24N2Si. The minimum Gasteiger partial charge on any atom is -0.340 e. The first-order valence-corrected chi connectivity index (χ1v) is 16.2. The summed E-state index contributed by atoms with van der Waals surface area (Å²) in [6.45, 7) is 0. The highest BCUT2D eigenvalue weighted by Crippen LogP contribution is 2.50. The highest BCUT2D eigenvalue weighted by Gasteiger charge is 2.52. The molecule has 190 valence electrons. The van der Waals surface area contributed by atoms with Crippen molar-refractivity contribution in [2.45, 2.75) is 0 Å². The molecule has 0 saturated carbocycles. The summed E-state index contributed by atoms with van der Waals surface area (Å²) in [5.41, 5.74) is 5.38. The Morgan fingerprint density at radius 1 is 0.366 bits per heavy atom. The predicted molar refractivity (Wildman–Crippen MR) is 176 cm³/mol. The van der Waals surface area contributed by atoms with Gasteiger partial charge in [0, 0.05) is 32.6 Å². The molecule has 0 N–H and O–H groups in total. The summed E-state index contributed by atoms with van der Waals surface area (Å²) in [6.07, 6.45) is 0. The fourth-order valence-electron chi connectivity index (χ4n) is 8.02. The number of hydrogen-bond acceptors (Lipinski definition) is 0. The van der Waals surface area contributed by atoms with Gasteiger partial charge in [-0.3, -0.25) is 0 Å². The van der Waals surface area contributed by atoms with Crippen molar-refractivity contribution in [3.8, 4) is 0 Å². The van der Waals surface area contributed by atoms with Crippen LogP contribution in [0.3, 0.4) is 0 Å². The molecule has 1 aliphatic heterocycles. The zero-order valence-electron chi connectivity index (χ0n) is 22.3. The summed E-state index contributed by atoms with van der Waals surface area (Å²) < 4.78 is 5.60. The number of hydrogen-bond donors (Lipinski definition) is 0. The van der Waals surface area contributed by atoms with E-state index >= 15 is 0 Å². The number of aromatic nitrogens is 2. The Morgan fingerprint density at radius 2 is 0.829 bits per heavy atom. The SMILES string of the molecule is c1ccc([Si]2(c3cccc4ccccc34)n3c4ccccc4c4c5ccccc5c5c6ccccc6n2c5c43)cc1. The molecule has 0 radical (unpaired) electrons. The molecule has 3 heteroatoms. The van der Waals surface area contributed by atoms with Crippen molar-refractivity contribution in [2.24, 2.45) is 0 Å². The lowest BCUT2D eigenvalue weighted by atomic mass is 9.99. The Bertz CT molecular complexity index is 2410. The minimum atomic E-state index is -2.94. The van der Waals surface area contributed by atoms with Crippen LogP contribution in [0.4, 0.5) is 0 Å². The van der Waals surface area contributed by atoms with E-state index in [-0.39, 0.29) is 0 Å². The fourth-order valence-corrected chi connectivity index (χ4v) is 13.3. The molecule has 2 nitrogen and oxygen atoms in total. The standard InChI is InChI=1S/C38H24N2Si/c1-2-15-26(16-3-1)41(34-24-12-14-25-13-4-5-17-27(25)34)39-32-22-10-8-20-30(32)35-28-18-6-7-19-29(28)36-31-21-9-11-23-33(31)40(41)38(36)37(35)39/h1-24H. The Hall–Kier alpha value is -5.12. The topological polar surface area (TPSA) is 9.86 Å². The molecule has 10 rings (SSSR count). The molecule has 0 fully saturated rings. The van der Waals surface area contributed by atoms with Gasteiger partial charge in [0.25, 0.3) is 0 Å². The van der Waals surface area contributed by atoms with Crippen molar-refractivity contribution in [1.29, 1.82) is 0 Å². The van der Waals surface area contributed by atoms with Gasteiger partial charge in [-0.15, -0.1) is 0 Å². The van der Waals surface area contributed by atoms with Crippen LogP contribution in [0.15, 0.2) is 146 Å². The van der Waals surface area contributed by atoms with Crippen LogP contribution in [0.5, 0.6) is 0 Å². The lowest BCUT2D eigenvalue weighted by Gasteiger charge is -2.34. The molecule has 3 heterocycles. The molecule has 0 spiro atoms. The van der Waals surface area contributed by atoms with Crippen molar-refractivity contribution in [3.05, 3.63) is 146 Å². The number of nitrogens with zero attached hydrogens (tertiary/aromatic N) is 2. The first kappa shape index (κ1) is 21.7. The Morgan fingerprint density at radius 3 is 1.44 bits per heavy atom. The summed E-state index contributed by atoms with van der Waals surface area (Å²) in [4.78, 5) is 0. The van der Waals surface area contributed by atoms with Gasteiger partial charge in [-0.2, -0.15) is 0 Å². The molecule has 0 unspecified atom stereocenters. The van der Waals surface area contributed by atoms with Crippen LogP contribution in [0.25, 0.3) is 65.2 Å². The number of rotatable bonds is 2. The van der Waals surface area contributed by atoms with E-state index < -0.39 is 8.40 Å². The minimum absolute atomic E-state index is 1.29. The lowest BCUT2D eigenvalue weighted by Crippen LogP contribution is -2.68. The van der Waals surface area contributed by atoms with Crippen LogP contribution in [-0.4, -0.2) is 16.9 Å². The van der Waals surface area contributed by atoms with Gasteiger partial charge in [-0.25, -0.2) is 0 Å². The summed E-state index contributed by atoms with van der Waals surface area (Å²) >= 11 is 0. The van der Waals surface area contributed by atoms with Gasteiger partial charge >= 0.3 is 8.40 Å². The number of fused-ring (bicyclic) bond motifs is 10. The van der Waals surface area contributed by atoms with Gasteiger partial charge in [-0.1, -0.05) is 133 Å². The molecule has 7 aromatic carbocycles. The third-order valence-corrected chi connectivity index (χ3v) is 14.0. The molecule has 0 saturated heterocycles. The summed E-state index contributed by atoms with van der Waals surface area (Å²) in [6, 6.07) is 54.5. The van der Waals surface area contributed by atoms with E-state index in [9.17, 15) is 0 Å². The second-order valence-electron chi connectivity index (χ2n) is 11.3. The van der Waals surface area contributed by atoms with E-state index in [4.69, 9.17) is 0 Å². The molecule has 0 atom stereocenters. The van der Waals surface area contributed by atoms with Crippen LogP contribution in [0.2, 0.25) is 0 Å². The Kier molecular flexibility index (Phi) is 3.98. The van der Waals surface area contributed by atoms with E-state index in [1.54, 1.807) is 0 Å². The van der Waals surface area contributed by atoms with Crippen LogP contribution < -0.4 is 10.4 Å². The smallest absolute Gasteiger partial charge is 0.340 e. The van der Waals surface area contributed by atoms with Gasteiger partial charge in [-0.05, 0) is 44.1 Å². The largest absolute Gasteiger partial charge is 0.341 e. The van der Waals surface area contributed by atoms with E-state index in [1.807, 2.05) is 0 Å². The first-order valence-electron chi connectivity index (χ1n) is 14.3. The van der Waals surface area contributed by atoms with Gasteiger partial charge in [0.15, 0.2) is 0 Å². The zero-order valence-corrected chi connectivity index (χ0v) is 23.3. The number of benzene rings is 7. The van der Waals surface area contributed by atoms with E-state index in [2.05, 4.69) is 154 Å².